The fourth-order valence-electron chi connectivity index (χ4n) is 1.40. The highest BCUT2D eigenvalue weighted by molar-refractivity contribution is 5.05. The summed E-state index contributed by atoms with van der Waals surface area (Å²) < 4.78 is 7.54. The van der Waals surface area contributed by atoms with E-state index in [1.54, 1.807) is 0 Å². The summed E-state index contributed by atoms with van der Waals surface area (Å²) in [5, 5.41) is 9.02. The fraction of sp³-hybridized carbons (Fsp3) is 0.667. The minimum absolute atomic E-state index is 0.0962. The van der Waals surface area contributed by atoms with E-state index in [-0.39, 0.29) is 6.61 Å². The molecule has 0 spiro atoms. The van der Waals surface area contributed by atoms with Crippen molar-refractivity contribution in [3.8, 4) is 0 Å². The average Bonchev–Trinajstić information content (AvgIpc) is 2.64. The number of rotatable bonds is 7. The molecular weight excluding hydrogens is 190 g/mol. The van der Waals surface area contributed by atoms with Crippen LogP contribution in [0.5, 0.6) is 0 Å². The van der Waals surface area contributed by atoms with Gasteiger partial charge in [-0.2, -0.15) is 0 Å². The van der Waals surface area contributed by atoms with Crippen molar-refractivity contribution >= 4 is 0 Å². The van der Waals surface area contributed by atoms with E-state index in [4.69, 9.17) is 9.84 Å². The van der Waals surface area contributed by atoms with Gasteiger partial charge in [0.25, 0.3) is 0 Å². The van der Waals surface area contributed by atoms with Gasteiger partial charge in [-0.3, -0.25) is 0 Å². The zero-order valence-electron chi connectivity index (χ0n) is 9.65. The van der Waals surface area contributed by atoms with Gasteiger partial charge in [-0.05, 0) is 24.5 Å². The van der Waals surface area contributed by atoms with Crippen molar-refractivity contribution in [2.75, 3.05) is 13.2 Å². The first-order chi connectivity index (χ1) is 7.24. The molecule has 0 saturated carbocycles. The van der Waals surface area contributed by atoms with Gasteiger partial charge in [0.1, 0.15) is 0 Å². The standard InChI is InChI=1S/C12H21NO2/c1-11(2)5-8-15-9-7-13-6-3-4-12(13)10-14/h3-4,6,11,14H,5,7-10H2,1-2H3. The van der Waals surface area contributed by atoms with E-state index < -0.39 is 0 Å². The van der Waals surface area contributed by atoms with Gasteiger partial charge in [-0.25, -0.2) is 0 Å². The summed E-state index contributed by atoms with van der Waals surface area (Å²) >= 11 is 0. The average molecular weight is 211 g/mol. The summed E-state index contributed by atoms with van der Waals surface area (Å²) in [5.41, 5.74) is 0.947. The van der Waals surface area contributed by atoms with Crippen LogP contribution in [0, 0.1) is 5.92 Å². The molecule has 1 N–H and O–H groups in total. The van der Waals surface area contributed by atoms with Gasteiger partial charge >= 0.3 is 0 Å². The molecular formula is C12H21NO2. The molecule has 1 aromatic heterocycles. The topological polar surface area (TPSA) is 34.4 Å². The van der Waals surface area contributed by atoms with Crippen LogP contribution in [-0.2, 0) is 17.9 Å². The van der Waals surface area contributed by atoms with Crippen molar-refractivity contribution in [2.45, 2.75) is 33.4 Å². The van der Waals surface area contributed by atoms with Gasteiger partial charge in [-0.15, -0.1) is 0 Å². The third kappa shape index (κ3) is 4.49. The molecule has 1 aromatic rings. The second kappa shape index (κ2) is 6.64. The summed E-state index contributed by atoms with van der Waals surface area (Å²) in [5.74, 6) is 0.699. The number of aliphatic hydroxyl groups is 1. The first-order valence-electron chi connectivity index (χ1n) is 5.56. The van der Waals surface area contributed by atoms with Crippen LogP contribution in [0.15, 0.2) is 18.3 Å². The molecule has 0 atom stereocenters. The Hall–Kier alpha value is -0.800. The predicted molar refractivity (Wildman–Crippen MR) is 60.6 cm³/mol. The van der Waals surface area contributed by atoms with Crippen molar-refractivity contribution in [2.24, 2.45) is 5.92 Å². The van der Waals surface area contributed by atoms with Crippen molar-refractivity contribution < 1.29 is 9.84 Å². The Bertz CT molecular complexity index is 268. The lowest BCUT2D eigenvalue weighted by atomic mass is 10.1. The molecule has 0 amide bonds. The predicted octanol–water partition coefficient (Wildman–Crippen LogP) is 2.04. The largest absolute Gasteiger partial charge is 0.390 e. The van der Waals surface area contributed by atoms with E-state index in [0.29, 0.717) is 12.5 Å². The molecule has 0 fully saturated rings. The number of aliphatic hydroxyl groups excluding tert-OH is 1. The normalized spacial score (nSPS) is 11.2. The number of hydrogen-bond donors (Lipinski definition) is 1. The smallest absolute Gasteiger partial charge is 0.0832 e. The van der Waals surface area contributed by atoms with Crippen LogP contribution in [-0.4, -0.2) is 22.9 Å². The first kappa shape index (κ1) is 12.3. The fourth-order valence-corrected chi connectivity index (χ4v) is 1.40. The molecule has 15 heavy (non-hydrogen) atoms. The molecule has 0 saturated heterocycles. The highest BCUT2D eigenvalue weighted by Crippen LogP contribution is 2.03. The van der Waals surface area contributed by atoms with Crippen LogP contribution < -0.4 is 0 Å². The van der Waals surface area contributed by atoms with Gasteiger partial charge in [0.2, 0.25) is 0 Å². The molecule has 86 valence electrons. The molecule has 1 rings (SSSR count). The molecule has 0 radical (unpaired) electrons. The van der Waals surface area contributed by atoms with Crippen LogP contribution in [0.4, 0.5) is 0 Å². The van der Waals surface area contributed by atoms with Crippen LogP contribution in [0.3, 0.4) is 0 Å². The van der Waals surface area contributed by atoms with E-state index in [1.165, 1.54) is 0 Å². The second-order valence-electron chi connectivity index (χ2n) is 4.15. The monoisotopic (exact) mass is 211 g/mol. The lowest BCUT2D eigenvalue weighted by Crippen LogP contribution is -2.09. The third-order valence-electron chi connectivity index (χ3n) is 2.40. The number of nitrogens with zero attached hydrogens (tertiary/aromatic N) is 1. The molecule has 3 heteroatoms. The number of hydrogen-bond acceptors (Lipinski definition) is 2. The van der Waals surface area contributed by atoms with Crippen molar-refractivity contribution in [1.82, 2.24) is 4.57 Å². The highest BCUT2D eigenvalue weighted by atomic mass is 16.5. The quantitative estimate of drug-likeness (QED) is 0.700. The van der Waals surface area contributed by atoms with Gasteiger partial charge < -0.3 is 14.4 Å². The molecule has 1 heterocycles. The SMILES string of the molecule is CC(C)CCOCCn1cccc1CO. The van der Waals surface area contributed by atoms with Crippen molar-refractivity contribution in [3.63, 3.8) is 0 Å². The maximum atomic E-state index is 9.02. The molecule has 0 aliphatic heterocycles. The molecule has 3 nitrogen and oxygen atoms in total. The maximum Gasteiger partial charge on any atom is 0.0832 e. The van der Waals surface area contributed by atoms with E-state index in [0.717, 1.165) is 25.3 Å². The summed E-state index contributed by atoms with van der Waals surface area (Å²) in [7, 11) is 0. The van der Waals surface area contributed by atoms with Crippen LogP contribution >= 0.6 is 0 Å². The van der Waals surface area contributed by atoms with Crippen molar-refractivity contribution in [1.29, 1.82) is 0 Å². The Morgan fingerprint density at radius 2 is 2.20 bits per heavy atom. The van der Waals surface area contributed by atoms with E-state index >= 15 is 0 Å². The third-order valence-corrected chi connectivity index (χ3v) is 2.40. The Kier molecular flexibility index (Phi) is 5.43. The van der Waals surface area contributed by atoms with Gasteiger partial charge in [0, 0.05) is 25.0 Å². The zero-order valence-corrected chi connectivity index (χ0v) is 9.65. The number of aromatic nitrogens is 1. The minimum atomic E-state index is 0.0962. The van der Waals surface area contributed by atoms with Gasteiger partial charge in [0.15, 0.2) is 0 Å². The summed E-state index contributed by atoms with van der Waals surface area (Å²) in [6.07, 6.45) is 3.08. The molecule has 0 unspecified atom stereocenters. The Labute approximate surface area is 91.7 Å². The molecule has 0 bridgehead atoms. The Morgan fingerprint density at radius 1 is 1.40 bits per heavy atom. The minimum Gasteiger partial charge on any atom is -0.390 e. The van der Waals surface area contributed by atoms with Crippen LogP contribution in [0.2, 0.25) is 0 Å². The van der Waals surface area contributed by atoms with Gasteiger partial charge in [0.05, 0.1) is 13.2 Å². The van der Waals surface area contributed by atoms with E-state index in [9.17, 15) is 0 Å². The van der Waals surface area contributed by atoms with Gasteiger partial charge in [-0.1, -0.05) is 13.8 Å². The second-order valence-corrected chi connectivity index (χ2v) is 4.15. The highest BCUT2D eigenvalue weighted by Gasteiger charge is 1.99. The summed E-state index contributed by atoms with van der Waals surface area (Å²) in [6.45, 7) is 6.85. The van der Waals surface area contributed by atoms with E-state index in [1.807, 2.05) is 22.9 Å². The van der Waals surface area contributed by atoms with Crippen LogP contribution in [0.1, 0.15) is 26.0 Å². The van der Waals surface area contributed by atoms with E-state index in [2.05, 4.69) is 13.8 Å². The first-order valence-corrected chi connectivity index (χ1v) is 5.56. The van der Waals surface area contributed by atoms with Crippen LogP contribution in [0.25, 0.3) is 0 Å². The summed E-state index contributed by atoms with van der Waals surface area (Å²) in [4.78, 5) is 0. The van der Waals surface area contributed by atoms with Crippen molar-refractivity contribution in [3.05, 3.63) is 24.0 Å². The molecule has 0 aromatic carbocycles. The maximum absolute atomic E-state index is 9.02. The molecule has 0 aliphatic rings. The molecule has 0 aliphatic carbocycles. The lowest BCUT2D eigenvalue weighted by Gasteiger charge is -2.09. The Morgan fingerprint density at radius 3 is 2.87 bits per heavy atom. The summed E-state index contributed by atoms with van der Waals surface area (Å²) in [6, 6.07) is 3.87. The lowest BCUT2D eigenvalue weighted by molar-refractivity contribution is 0.115. The number of ether oxygens (including phenoxy) is 1. The Balaban J connectivity index is 2.15. The zero-order chi connectivity index (χ0) is 11.1.